The van der Waals surface area contributed by atoms with Gasteiger partial charge in [0, 0.05) is 25.3 Å². The molecule has 1 aromatic heterocycles. The molecule has 3 aromatic rings. The second kappa shape index (κ2) is 9.05. The Hall–Kier alpha value is -2.69. The molecule has 1 fully saturated rings. The summed E-state index contributed by atoms with van der Waals surface area (Å²) in [7, 11) is -2.26. The molecule has 0 bridgehead atoms. The minimum Gasteiger partial charge on any atom is -0.496 e. The first-order valence-corrected chi connectivity index (χ1v) is 12.7. The number of carbonyl (C=O) groups is 1. The lowest BCUT2D eigenvalue weighted by atomic mass is 10.1. The number of piperidine rings is 1. The largest absolute Gasteiger partial charge is 0.496 e. The zero-order valence-corrected chi connectivity index (χ0v) is 19.6. The van der Waals surface area contributed by atoms with Crippen molar-refractivity contribution in [3.8, 4) is 5.75 Å². The van der Waals surface area contributed by atoms with Crippen LogP contribution in [0.1, 0.15) is 36.5 Å². The first-order chi connectivity index (χ1) is 15.3. The molecule has 0 radical (unpaired) electrons. The van der Waals surface area contributed by atoms with E-state index in [1.807, 2.05) is 6.92 Å². The van der Waals surface area contributed by atoms with E-state index >= 15 is 0 Å². The number of hydrogen-bond acceptors (Lipinski definition) is 6. The average Bonchev–Trinajstić information content (AvgIpc) is 3.13. The molecule has 2 aromatic carbocycles. The minimum absolute atomic E-state index is 0.0525. The normalized spacial score (nSPS) is 15.1. The number of fused-ring (bicyclic) bond motifs is 1. The number of sulfonamides is 1. The van der Waals surface area contributed by atoms with Crippen molar-refractivity contribution in [3.05, 3.63) is 51.6 Å². The predicted molar refractivity (Wildman–Crippen MR) is 125 cm³/mol. The zero-order valence-electron chi connectivity index (χ0n) is 18.0. The van der Waals surface area contributed by atoms with E-state index in [9.17, 15) is 18.0 Å². The predicted octanol–water partition coefficient (Wildman–Crippen LogP) is 3.52. The Kier molecular flexibility index (Phi) is 6.36. The number of thiazole rings is 1. The molecular weight excluding hydrogens is 450 g/mol. The van der Waals surface area contributed by atoms with Crippen LogP contribution in [0.15, 0.2) is 46.1 Å². The van der Waals surface area contributed by atoms with E-state index in [1.54, 1.807) is 22.8 Å². The number of hydrogen-bond donors (Lipinski definition) is 1. The second-order valence-corrected chi connectivity index (χ2v) is 10.5. The molecule has 1 aliphatic heterocycles. The summed E-state index contributed by atoms with van der Waals surface area (Å²) in [6.07, 6.45) is 2.68. The number of amides is 1. The van der Waals surface area contributed by atoms with Crippen molar-refractivity contribution >= 4 is 43.2 Å². The molecule has 2 heterocycles. The van der Waals surface area contributed by atoms with Crippen molar-refractivity contribution in [2.45, 2.75) is 37.6 Å². The zero-order chi connectivity index (χ0) is 22.9. The number of nitrogens with zero attached hydrogens (tertiary/aromatic N) is 2. The fourth-order valence-electron chi connectivity index (χ4n) is 3.92. The van der Waals surface area contributed by atoms with Crippen molar-refractivity contribution in [2.24, 2.45) is 0 Å². The average molecular weight is 476 g/mol. The van der Waals surface area contributed by atoms with Gasteiger partial charge in [-0.3, -0.25) is 14.2 Å². The topological polar surface area (TPSA) is 97.7 Å². The van der Waals surface area contributed by atoms with Crippen molar-refractivity contribution in [2.75, 3.05) is 25.5 Å². The Morgan fingerprint density at radius 3 is 2.56 bits per heavy atom. The van der Waals surface area contributed by atoms with Gasteiger partial charge in [0.05, 0.1) is 27.8 Å². The van der Waals surface area contributed by atoms with E-state index in [2.05, 4.69) is 5.32 Å². The van der Waals surface area contributed by atoms with Gasteiger partial charge < -0.3 is 10.1 Å². The lowest BCUT2D eigenvalue weighted by Crippen LogP contribution is -2.35. The number of ether oxygens (including phenoxy) is 1. The Morgan fingerprint density at radius 1 is 1.12 bits per heavy atom. The number of aryl methyl sites for hydroxylation is 1. The number of carbonyl (C=O) groups excluding carboxylic acids is 1. The Morgan fingerprint density at radius 2 is 1.88 bits per heavy atom. The molecule has 1 N–H and O–H groups in total. The summed E-state index contributed by atoms with van der Waals surface area (Å²) >= 11 is 1.12. The highest BCUT2D eigenvalue weighted by atomic mass is 32.2. The fraction of sp³-hybridized carbons (Fsp3) is 0.364. The van der Waals surface area contributed by atoms with Crippen molar-refractivity contribution in [1.82, 2.24) is 8.87 Å². The molecule has 1 aliphatic rings. The number of nitrogens with one attached hydrogen (secondary N) is 1. The summed E-state index contributed by atoms with van der Waals surface area (Å²) in [6, 6.07) is 9.59. The van der Waals surface area contributed by atoms with Crippen LogP contribution >= 0.6 is 11.3 Å². The van der Waals surface area contributed by atoms with Crippen LogP contribution in [0.5, 0.6) is 5.75 Å². The van der Waals surface area contributed by atoms with Gasteiger partial charge in [-0.2, -0.15) is 4.31 Å². The smallest absolute Gasteiger partial charge is 0.308 e. The van der Waals surface area contributed by atoms with Crippen molar-refractivity contribution in [1.29, 1.82) is 0 Å². The summed E-state index contributed by atoms with van der Waals surface area (Å²) < 4.78 is 35.3. The van der Waals surface area contributed by atoms with E-state index in [0.29, 0.717) is 25.3 Å². The highest BCUT2D eigenvalue weighted by molar-refractivity contribution is 7.89. The lowest BCUT2D eigenvalue weighted by molar-refractivity contribution is 0.102. The Labute approximate surface area is 190 Å². The van der Waals surface area contributed by atoms with Gasteiger partial charge in [-0.05, 0) is 56.2 Å². The Bertz CT molecular complexity index is 1320. The third-order valence-corrected chi connectivity index (χ3v) is 8.45. The standard InChI is InChI=1S/C22H25N3O5S2/c1-3-25-18-9-7-15(13-20(18)31-22(25)27)23-21(26)17-14-16(8-10-19(17)30-2)32(28,29)24-11-5-4-6-12-24/h7-10,13-14H,3-6,11-12H2,1-2H3,(H,23,26). The van der Waals surface area contributed by atoms with Crippen LogP contribution in [0, 0.1) is 0 Å². The number of methoxy groups -OCH3 is 1. The van der Waals surface area contributed by atoms with Crippen LogP contribution in [0.2, 0.25) is 0 Å². The third-order valence-electron chi connectivity index (χ3n) is 5.61. The minimum atomic E-state index is -3.69. The molecule has 8 nitrogen and oxygen atoms in total. The van der Waals surface area contributed by atoms with Gasteiger partial charge in [0.15, 0.2) is 0 Å². The van der Waals surface area contributed by atoms with Crippen LogP contribution in [0.25, 0.3) is 10.2 Å². The van der Waals surface area contributed by atoms with E-state index in [-0.39, 0.29) is 21.1 Å². The SMILES string of the molecule is CCn1c(=O)sc2cc(NC(=O)c3cc(S(=O)(=O)N4CCCCC4)ccc3OC)ccc21. The summed E-state index contributed by atoms with van der Waals surface area (Å²) in [5, 5.41) is 2.80. The molecule has 32 heavy (non-hydrogen) atoms. The van der Waals surface area contributed by atoms with Crippen LogP contribution < -0.4 is 14.9 Å². The summed E-state index contributed by atoms with van der Waals surface area (Å²) in [6.45, 7) is 3.44. The van der Waals surface area contributed by atoms with E-state index < -0.39 is 15.9 Å². The van der Waals surface area contributed by atoms with Crippen LogP contribution in [-0.4, -0.2) is 43.4 Å². The van der Waals surface area contributed by atoms with Gasteiger partial charge in [0.25, 0.3) is 5.91 Å². The van der Waals surface area contributed by atoms with Gasteiger partial charge in [-0.1, -0.05) is 17.8 Å². The molecule has 0 spiro atoms. The quantitative estimate of drug-likeness (QED) is 0.588. The van der Waals surface area contributed by atoms with E-state index in [0.717, 1.165) is 40.8 Å². The molecule has 0 saturated carbocycles. The van der Waals surface area contributed by atoms with Gasteiger partial charge in [-0.15, -0.1) is 0 Å². The fourth-order valence-corrected chi connectivity index (χ4v) is 6.46. The summed E-state index contributed by atoms with van der Waals surface area (Å²) in [5.74, 6) is -0.206. The molecule has 1 saturated heterocycles. The molecular formula is C22H25N3O5S2. The summed E-state index contributed by atoms with van der Waals surface area (Å²) in [5.41, 5.74) is 1.45. The molecule has 0 atom stereocenters. The third kappa shape index (κ3) is 4.17. The maximum Gasteiger partial charge on any atom is 0.308 e. The van der Waals surface area contributed by atoms with E-state index in [4.69, 9.17) is 4.74 Å². The monoisotopic (exact) mass is 475 g/mol. The van der Waals surface area contributed by atoms with Crippen molar-refractivity contribution in [3.63, 3.8) is 0 Å². The van der Waals surface area contributed by atoms with Gasteiger partial charge in [-0.25, -0.2) is 8.42 Å². The molecule has 170 valence electrons. The van der Waals surface area contributed by atoms with Gasteiger partial charge in [0.2, 0.25) is 10.0 Å². The number of anilines is 1. The first kappa shape index (κ1) is 22.5. The van der Waals surface area contributed by atoms with E-state index in [1.165, 1.54) is 29.6 Å². The molecule has 10 heteroatoms. The number of benzene rings is 2. The van der Waals surface area contributed by atoms with Gasteiger partial charge >= 0.3 is 4.87 Å². The second-order valence-electron chi connectivity index (χ2n) is 7.58. The summed E-state index contributed by atoms with van der Waals surface area (Å²) in [4.78, 5) is 25.2. The number of rotatable bonds is 6. The van der Waals surface area contributed by atoms with Crippen molar-refractivity contribution < 1.29 is 17.9 Å². The number of aromatic nitrogens is 1. The van der Waals surface area contributed by atoms with Crippen LogP contribution in [0.4, 0.5) is 5.69 Å². The van der Waals surface area contributed by atoms with Gasteiger partial charge in [0.1, 0.15) is 5.75 Å². The molecule has 1 amide bonds. The maximum absolute atomic E-state index is 13.1. The molecule has 0 aliphatic carbocycles. The molecule has 4 rings (SSSR count). The van der Waals surface area contributed by atoms with Crippen LogP contribution in [-0.2, 0) is 16.6 Å². The first-order valence-electron chi connectivity index (χ1n) is 10.5. The Balaban J connectivity index is 1.65. The van der Waals surface area contributed by atoms with Crippen LogP contribution in [0.3, 0.4) is 0 Å². The highest BCUT2D eigenvalue weighted by Crippen LogP contribution is 2.28. The highest BCUT2D eigenvalue weighted by Gasteiger charge is 2.27. The molecule has 0 unspecified atom stereocenters. The maximum atomic E-state index is 13.1. The lowest BCUT2D eigenvalue weighted by Gasteiger charge is -2.26.